The Morgan fingerprint density at radius 3 is 1.20 bits per heavy atom. The Bertz CT molecular complexity index is 1470. The highest BCUT2D eigenvalue weighted by atomic mass is 19.4. The highest BCUT2D eigenvalue weighted by molar-refractivity contribution is 6.10. The molecule has 0 unspecified atom stereocenters. The van der Waals surface area contributed by atoms with Crippen molar-refractivity contribution in [3.05, 3.63) is 59.7 Å². The Balaban J connectivity index is 2.22. The second-order valence-corrected chi connectivity index (χ2v) is 11.0. The number of ether oxygens (including phenoxy) is 4. The summed E-state index contributed by atoms with van der Waals surface area (Å²) >= 11 is 0. The van der Waals surface area contributed by atoms with Gasteiger partial charge >= 0.3 is 24.7 Å². The zero-order chi connectivity index (χ0) is 38.6. The van der Waals surface area contributed by atoms with Gasteiger partial charge in [-0.15, -0.1) is 26.3 Å². The fourth-order valence-electron chi connectivity index (χ4n) is 4.01. The summed E-state index contributed by atoms with van der Waals surface area (Å²) in [4.78, 5) is 49.8. The molecule has 0 aliphatic rings. The summed E-state index contributed by atoms with van der Waals surface area (Å²) in [6.07, 6.45) is -7.74. The van der Waals surface area contributed by atoms with E-state index in [2.05, 4.69) is 9.47 Å². The molecule has 0 amide bonds. The minimum absolute atomic E-state index is 0.0661. The van der Waals surface area contributed by atoms with Crippen LogP contribution < -0.4 is 18.9 Å². The number of alkyl halides is 6. The molecule has 0 heterocycles. The zero-order valence-corrected chi connectivity index (χ0v) is 27.0. The Morgan fingerprint density at radius 1 is 0.588 bits per heavy atom. The van der Waals surface area contributed by atoms with E-state index >= 15 is 0 Å². The van der Waals surface area contributed by atoms with Gasteiger partial charge < -0.3 is 39.4 Å². The third-order valence-corrected chi connectivity index (χ3v) is 7.49. The summed E-state index contributed by atoms with van der Waals surface area (Å²) in [5.74, 6) is -7.54. The minimum atomic E-state index is -5.24. The molecule has 0 atom stereocenters. The number of carbonyl (C=O) groups excluding carboxylic acids is 4. The van der Waals surface area contributed by atoms with Crippen molar-refractivity contribution in [2.75, 3.05) is 26.4 Å². The normalized spacial score (nSPS) is 12.6. The molecule has 2 rings (SSSR count). The first-order valence-corrected chi connectivity index (χ1v) is 14.9. The van der Waals surface area contributed by atoms with Gasteiger partial charge in [0.05, 0.1) is 32.8 Å². The van der Waals surface area contributed by atoms with E-state index in [0.717, 1.165) is 60.7 Å². The van der Waals surface area contributed by atoms with E-state index in [1.54, 1.807) is 0 Å². The number of allylic oxidation sites excluding steroid dienone is 2. The second kappa shape index (κ2) is 17.9. The van der Waals surface area contributed by atoms with Crippen molar-refractivity contribution in [1.29, 1.82) is 0 Å². The molecule has 18 heteroatoms. The first-order chi connectivity index (χ1) is 23.8. The Labute approximate surface area is 286 Å². The molecule has 0 fully saturated rings. The molecule has 4 N–H and O–H groups in total. The van der Waals surface area contributed by atoms with E-state index < -0.39 is 103 Å². The van der Waals surface area contributed by atoms with Crippen molar-refractivity contribution in [1.82, 2.24) is 0 Å². The van der Waals surface area contributed by atoms with Crippen molar-refractivity contribution in [3.8, 4) is 23.0 Å². The fraction of sp³-hybridized carbons (Fsp3) is 0.394. The monoisotopic (exact) mass is 736 g/mol. The van der Waals surface area contributed by atoms with Crippen molar-refractivity contribution in [3.63, 3.8) is 0 Å². The molecule has 0 aromatic heterocycles. The summed E-state index contributed by atoms with van der Waals surface area (Å²) in [5, 5.41) is 38.1. The van der Waals surface area contributed by atoms with Crippen molar-refractivity contribution in [2.24, 2.45) is 10.8 Å². The average Bonchev–Trinajstić information content (AvgIpc) is 3.05. The summed E-state index contributed by atoms with van der Waals surface area (Å²) in [7, 11) is 0. The lowest BCUT2D eigenvalue weighted by atomic mass is 9.87. The van der Waals surface area contributed by atoms with E-state index in [9.17, 15) is 65.9 Å². The first-order valence-electron chi connectivity index (χ1n) is 14.9. The molecule has 0 saturated carbocycles. The number of hydrogen-bond donors (Lipinski definition) is 4. The molecule has 0 aliphatic heterocycles. The molecule has 2 aromatic carbocycles. The number of aliphatic hydroxyl groups is 4. The lowest BCUT2D eigenvalue weighted by molar-refractivity contribution is -0.276. The smallest absolute Gasteiger partial charge is 0.422 e. The van der Waals surface area contributed by atoms with Crippen LogP contribution in [0.5, 0.6) is 23.0 Å². The number of aliphatic hydroxyl groups excluding tert-OH is 4. The predicted octanol–water partition coefficient (Wildman–Crippen LogP) is 4.31. The van der Waals surface area contributed by atoms with E-state index in [1.807, 2.05) is 0 Å². The quantitative estimate of drug-likeness (QED) is 0.0560. The standard InChI is InChI=1S/C33H34F6O12/c1-3-30(16-40,17-41)28(46)48-24-11-7-20(13-26(24)50-32(34,35)36)5-9-22(44)15-23(45)10-6-21-8-12-25(27(14-21)51-33(37,38)39)49-29(47)31(4-2,18-42)19-43/h5-14,40-43H,3-4,15-19H2,1-2H3/b9-5+,10-6+. The van der Waals surface area contributed by atoms with Gasteiger partial charge in [0, 0.05) is 0 Å². The molecule has 0 bridgehead atoms. The highest BCUT2D eigenvalue weighted by Gasteiger charge is 2.40. The van der Waals surface area contributed by atoms with Gasteiger partial charge in [-0.3, -0.25) is 19.2 Å². The molecular weight excluding hydrogens is 702 g/mol. The second-order valence-electron chi connectivity index (χ2n) is 11.0. The molecule has 0 spiro atoms. The Kier molecular flexibility index (Phi) is 14.9. The lowest BCUT2D eigenvalue weighted by Gasteiger charge is -2.26. The molecular formula is C33H34F6O12. The lowest BCUT2D eigenvalue weighted by Crippen LogP contribution is -2.41. The predicted molar refractivity (Wildman–Crippen MR) is 164 cm³/mol. The maximum Gasteiger partial charge on any atom is 0.573 e. The van der Waals surface area contributed by atoms with Gasteiger partial charge in [0.1, 0.15) is 10.8 Å². The van der Waals surface area contributed by atoms with Crippen LogP contribution in [0.3, 0.4) is 0 Å². The van der Waals surface area contributed by atoms with Gasteiger partial charge in [0.25, 0.3) is 0 Å². The van der Waals surface area contributed by atoms with Gasteiger partial charge in [0.2, 0.25) is 0 Å². The molecule has 280 valence electrons. The van der Waals surface area contributed by atoms with Crippen molar-refractivity contribution in [2.45, 2.75) is 45.8 Å². The van der Waals surface area contributed by atoms with Crippen LogP contribution in [0.25, 0.3) is 12.2 Å². The number of halogens is 6. The molecule has 0 radical (unpaired) electrons. The van der Waals surface area contributed by atoms with Crippen LogP contribution >= 0.6 is 0 Å². The van der Waals surface area contributed by atoms with Crippen LogP contribution in [-0.4, -0.2) is 83.1 Å². The van der Waals surface area contributed by atoms with Gasteiger partial charge in [0.15, 0.2) is 34.6 Å². The number of carbonyl (C=O) groups is 4. The van der Waals surface area contributed by atoms with E-state index in [-0.39, 0.29) is 24.0 Å². The SMILES string of the molecule is CCC(CO)(CO)C(=O)Oc1ccc(/C=C/C(=O)CC(=O)/C=C/c2ccc(OC(=O)C(CC)(CO)CO)c(OC(F)(F)F)c2)cc1OC(F)(F)F. The molecule has 51 heavy (non-hydrogen) atoms. The number of benzene rings is 2. The summed E-state index contributed by atoms with van der Waals surface area (Å²) < 4.78 is 96.2. The summed E-state index contributed by atoms with van der Waals surface area (Å²) in [6, 6.07) is 5.64. The molecule has 12 nitrogen and oxygen atoms in total. The van der Waals surface area contributed by atoms with Crippen molar-refractivity contribution < 1.29 is 84.9 Å². The van der Waals surface area contributed by atoms with Crippen LogP contribution in [0.4, 0.5) is 26.3 Å². The van der Waals surface area contributed by atoms with Gasteiger partial charge in [-0.25, -0.2) is 0 Å². The maximum atomic E-state index is 13.1. The third kappa shape index (κ3) is 12.2. The average molecular weight is 737 g/mol. The van der Waals surface area contributed by atoms with E-state index in [4.69, 9.17) is 9.47 Å². The summed E-state index contributed by atoms with van der Waals surface area (Å²) in [6.45, 7) is -0.574. The number of rotatable bonds is 18. The molecule has 0 saturated heterocycles. The van der Waals surface area contributed by atoms with Gasteiger partial charge in [-0.1, -0.05) is 38.1 Å². The topological polar surface area (TPSA) is 186 Å². The van der Waals surface area contributed by atoms with E-state index in [0.29, 0.717) is 0 Å². The maximum absolute atomic E-state index is 13.1. The van der Waals surface area contributed by atoms with Crippen LogP contribution in [-0.2, 0) is 19.2 Å². The molecule has 0 aliphatic carbocycles. The first kappa shape index (κ1) is 42.4. The Hall–Kier alpha value is -4.78. The third-order valence-electron chi connectivity index (χ3n) is 7.49. The zero-order valence-electron chi connectivity index (χ0n) is 27.0. The Morgan fingerprint density at radius 2 is 0.922 bits per heavy atom. The number of esters is 2. The largest absolute Gasteiger partial charge is 0.573 e. The van der Waals surface area contributed by atoms with Crippen LogP contribution in [0.2, 0.25) is 0 Å². The van der Waals surface area contributed by atoms with Gasteiger partial charge in [-0.05, 0) is 60.4 Å². The number of hydrogen-bond acceptors (Lipinski definition) is 12. The highest BCUT2D eigenvalue weighted by Crippen LogP contribution is 2.37. The van der Waals surface area contributed by atoms with Crippen LogP contribution in [0, 0.1) is 10.8 Å². The summed E-state index contributed by atoms with van der Waals surface area (Å²) in [5.41, 5.74) is -3.74. The van der Waals surface area contributed by atoms with Crippen LogP contribution in [0.1, 0.15) is 44.2 Å². The van der Waals surface area contributed by atoms with Crippen LogP contribution in [0.15, 0.2) is 48.6 Å². The van der Waals surface area contributed by atoms with E-state index in [1.165, 1.54) is 13.8 Å². The van der Waals surface area contributed by atoms with Gasteiger partial charge in [-0.2, -0.15) is 0 Å². The minimum Gasteiger partial charge on any atom is -0.422 e. The number of ketones is 2. The fourth-order valence-corrected chi connectivity index (χ4v) is 4.01. The molecule has 2 aromatic rings. The van der Waals surface area contributed by atoms with Crippen molar-refractivity contribution >= 4 is 35.7 Å².